The summed E-state index contributed by atoms with van der Waals surface area (Å²) in [5.41, 5.74) is 4.55. The zero-order valence-corrected chi connectivity index (χ0v) is 17.0. The summed E-state index contributed by atoms with van der Waals surface area (Å²) in [6.45, 7) is 7.21. The third kappa shape index (κ3) is 5.31. The fourth-order valence-electron chi connectivity index (χ4n) is 3.71. The van der Waals surface area contributed by atoms with E-state index in [1.54, 1.807) is 0 Å². The molecule has 2 aromatic rings. The average molecular weight is 350 g/mol. The summed E-state index contributed by atoms with van der Waals surface area (Å²) in [5, 5.41) is 8.89. The van der Waals surface area contributed by atoms with Gasteiger partial charge in [0, 0.05) is 0 Å². The van der Waals surface area contributed by atoms with E-state index in [0.29, 0.717) is 5.56 Å². The van der Waals surface area contributed by atoms with Crippen LogP contribution in [0.2, 0.25) is 24.2 Å². The smallest absolute Gasteiger partial charge is 0.0991 e. The van der Waals surface area contributed by atoms with E-state index >= 15 is 0 Å². The molecule has 25 heavy (non-hydrogen) atoms. The van der Waals surface area contributed by atoms with Crippen molar-refractivity contribution < 1.29 is 0 Å². The molecule has 0 radical (unpaired) electrons. The maximum Gasteiger partial charge on any atom is 0.0991 e. The van der Waals surface area contributed by atoms with Gasteiger partial charge in [-0.25, -0.2) is 0 Å². The van der Waals surface area contributed by atoms with Crippen molar-refractivity contribution in [1.82, 2.24) is 0 Å². The molecule has 0 atom stereocenters. The summed E-state index contributed by atoms with van der Waals surface area (Å²) < 4.78 is 0. The maximum atomic E-state index is 8.89. The lowest BCUT2D eigenvalue weighted by molar-refractivity contribution is 0.777. The molecule has 0 bridgehead atoms. The van der Waals surface area contributed by atoms with Crippen LogP contribution in [0.15, 0.2) is 48.5 Å². The Morgan fingerprint density at radius 3 is 1.76 bits per heavy atom. The van der Waals surface area contributed by atoms with Gasteiger partial charge in [-0.05, 0) is 41.7 Å². The monoisotopic (exact) mass is 349 g/mol. The largest absolute Gasteiger partial charge is 0.192 e. The summed E-state index contributed by atoms with van der Waals surface area (Å²) in [6, 6.07) is 24.8. The van der Waals surface area contributed by atoms with Crippen molar-refractivity contribution in [3.63, 3.8) is 0 Å². The highest BCUT2D eigenvalue weighted by atomic mass is 28.3. The molecule has 2 aromatic carbocycles. The highest BCUT2D eigenvalue weighted by Gasteiger charge is 2.25. The zero-order chi connectivity index (χ0) is 18.1. The summed E-state index contributed by atoms with van der Waals surface area (Å²) in [5.74, 6) is 0. The maximum absolute atomic E-state index is 8.89. The molecule has 132 valence electrons. The number of nitrogens with zero attached hydrogens (tertiary/aromatic N) is 1. The van der Waals surface area contributed by atoms with Crippen molar-refractivity contribution in [3.05, 3.63) is 59.7 Å². The molecule has 0 aliphatic rings. The predicted molar refractivity (Wildman–Crippen MR) is 112 cm³/mol. The zero-order valence-electron chi connectivity index (χ0n) is 16.0. The van der Waals surface area contributed by atoms with Crippen LogP contribution in [0.4, 0.5) is 0 Å². The SMILES string of the molecule is CC[Si](CC)(CC)CCCCc1ccc(-c2ccc(C#N)cc2)cc1. The average Bonchev–Trinajstić information content (AvgIpc) is 2.69. The van der Waals surface area contributed by atoms with Crippen molar-refractivity contribution >= 4 is 8.07 Å². The van der Waals surface area contributed by atoms with Gasteiger partial charge in [0.2, 0.25) is 0 Å². The fourth-order valence-corrected chi connectivity index (χ4v) is 7.27. The Morgan fingerprint density at radius 1 is 0.760 bits per heavy atom. The number of nitriles is 1. The second-order valence-electron chi connectivity index (χ2n) is 7.15. The molecular weight excluding hydrogens is 318 g/mol. The van der Waals surface area contributed by atoms with Gasteiger partial charge < -0.3 is 0 Å². The molecule has 0 amide bonds. The van der Waals surface area contributed by atoms with Gasteiger partial charge in [0.15, 0.2) is 0 Å². The number of hydrogen-bond donors (Lipinski definition) is 0. The third-order valence-electron chi connectivity index (χ3n) is 5.97. The van der Waals surface area contributed by atoms with Crippen LogP contribution in [-0.4, -0.2) is 8.07 Å². The van der Waals surface area contributed by atoms with E-state index in [4.69, 9.17) is 5.26 Å². The van der Waals surface area contributed by atoms with E-state index in [2.05, 4.69) is 51.1 Å². The first kappa shape index (κ1) is 19.5. The van der Waals surface area contributed by atoms with Crippen molar-refractivity contribution in [3.8, 4) is 17.2 Å². The van der Waals surface area contributed by atoms with Crippen LogP contribution in [0, 0.1) is 11.3 Å². The number of benzene rings is 2. The van der Waals surface area contributed by atoms with Crippen LogP contribution in [-0.2, 0) is 6.42 Å². The van der Waals surface area contributed by atoms with Gasteiger partial charge >= 0.3 is 0 Å². The lowest BCUT2D eigenvalue weighted by Gasteiger charge is -2.28. The van der Waals surface area contributed by atoms with E-state index in [9.17, 15) is 0 Å². The van der Waals surface area contributed by atoms with E-state index in [1.807, 2.05) is 24.3 Å². The lowest BCUT2D eigenvalue weighted by Crippen LogP contribution is -2.30. The second-order valence-corrected chi connectivity index (χ2v) is 12.8. The Hall–Kier alpha value is -1.85. The van der Waals surface area contributed by atoms with Crippen LogP contribution in [0.25, 0.3) is 11.1 Å². The molecule has 0 unspecified atom stereocenters. The molecule has 1 nitrogen and oxygen atoms in total. The summed E-state index contributed by atoms with van der Waals surface area (Å²) in [4.78, 5) is 0. The van der Waals surface area contributed by atoms with Crippen LogP contribution in [0.1, 0.15) is 44.7 Å². The first-order valence-corrected chi connectivity index (χ1v) is 12.6. The predicted octanol–water partition coefficient (Wildman–Crippen LogP) is 7.06. The molecule has 0 heterocycles. The Bertz CT molecular complexity index is 667. The minimum atomic E-state index is -0.939. The fraction of sp³-hybridized carbons (Fsp3) is 0.435. The first-order chi connectivity index (χ1) is 12.2. The summed E-state index contributed by atoms with van der Waals surface area (Å²) in [7, 11) is -0.939. The summed E-state index contributed by atoms with van der Waals surface area (Å²) in [6.07, 6.45) is 3.89. The number of unbranched alkanes of at least 4 members (excludes halogenated alkanes) is 1. The van der Waals surface area contributed by atoms with Crippen LogP contribution < -0.4 is 0 Å². The van der Waals surface area contributed by atoms with Gasteiger partial charge in [-0.2, -0.15) is 5.26 Å². The van der Waals surface area contributed by atoms with Gasteiger partial charge in [0.1, 0.15) is 0 Å². The third-order valence-corrected chi connectivity index (χ3v) is 11.9. The molecule has 2 heteroatoms. The van der Waals surface area contributed by atoms with Gasteiger partial charge in [0.05, 0.1) is 19.7 Å². The number of hydrogen-bond acceptors (Lipinski definition) is 1. The molecule has 0 saturated heterocycles. The minimum Gasteiger partial charge on any atom is -0.192 e. The van der Waals surface area contributed by atoms with E-state index < -0.39 is 8.07 Å². The molecule has 0 fully saturated rings. The number of rotatable bonds is 9. The molecule has 0 aromatic heterocycles. The van der Waals surface area contributed by atoms with Gasteiger partial charge in [0.25, 0.3) is 0 Å². The van der Waals surface area contributed by atoms with Gasteiger partial charge in [-0.1, -0.05) is 87.8 Å². The Kier molecular flexibility index (Phi) is 7.46. The quantitative estimate of drug-likeness (QED) is 0.351. The van der Waals surface area contributed by atoms with E-state index in [1.165, 1.54) is 60.1 Å². The Labute approximate surface area is 154 Å². The van der Waals surface area contributed by atoms with E-state index in [-0.39, 0.29) is 0 Å². The topological polar surface area (TPSA) is 23.8 Å². The van der Waals surface area contributed by atoms with Crippen molar-refractivity contribution in [2.45, 2.75) is 64.2 Å². The minimum absolute atomic E-state index is 0.714. The molecule has 0 N–H and O–H groups in total. The summed E-state index contributed by atoms with van der Waals surface area (Å²) >= 11 is 0. The van der Waals surface area contributed by atoms with Crippen LogP contribution in [0.5, 0.6) is 0 Å². The van der Waals surface area contributed by atoms with Crippen molar-refractivity contribution in [2.24, 2.45) is 0 Å². The Balaban J connectivity index is 1.87. The standard InChI is InChI=1S/C23H31NSi/c1-4-25(5-2,6-3)18-8-7-9-20-10-14-22(15-11-20)23-16-12-21(19-24)13-17-23/h10-17H,4-9,18H2,1-3H3. The van der Waals surface area contributed by atoms with Crippen molar-refractivity contribution in [1.29, 1.82) is 5.26 Å². The molecule has 0 saturated carbocycles. The van der Waals surface area contributed by atoms with Crippen LogP contribution in [0.3, 0.4) is 0 Å². The van der Waals surface area contributed by atoms with Crippen LogP contribution >= 0.6 is 0 Å². The highest BCUT2D eigenvalue weighted by Crippen LogP contribution is 2.28. The highest BCUT2D eigenvalue weighted by molar-refractivity contribution is 6.79. The molecule has 0 spiro atoms. The molecular formula is C23H31NSi. The second kappa shape index (κ2) is 9.58. The lowest BCUT2D eigenvalue weighted by atomic mass is 10.0. The molecule has 2 rings (SSSR count). The van der Waals surface area contributed by atoms with Crippen molar-refractivity contribution in [2.75, 3.05) is 0 Å². The molecule has 0 aliphatic carbocycles. The normalized spacial score (nSPS) is 11.3. The first-order valence-electron chi connectivity index (χ1n) is 9.76. The molecule has 0 aliphatic heterocycles. The van der Waals surface area contributed by atoms with Gasteiger partial charge in [-0.3, -0.25) is 0 Å². The van der Waals surface area contributed by atoms with E-state index in [0.717, 1.165) is 0 Å². The van der Waals surface area contributed by atoms with Gasteiger partial charge in [-0.15, -0.1) is 0 Å². The number of aryl methyl sites for hydroxylation is 1. The Morgan fingerprint density at radius 2 is 1.28 bits per heavy atom.